The van der Waals surface area contributed by atoms with E-state index in [0.29, 0.717) is 36.8 Å². The van der Waals surface area contributed by atoms with E-state index in [1.165, 1.54) is 0 Å². The van der Waals surface area contributed by atoms with Crippen LogP contribution in [0.5, 0.6) is 0 Å². The number of nitrogens with zero attached hydrogens (tertiary/aromatic N) is 2. The highest BCUT2D eigenvalue weighted by molar-refractivity contribution is 6.30. The lowest BCUT2D eigenvalue weighted by molar-refractivity contribution is -0.139. The molecule has 1 aromatic carbocycles. The lowest BCUT2D eigenvalue weighted by atomic mass is 10.1. The molecule has 5 nitrogen and oxygen atoms in total. The molecule has 2 amide bonds. The largest absolute Gasteiger partial charge is 0.387 e. The van der Waals surface area contributed by atoms with Gasteiger partial charge in [0.05, 0.1) is 0 Å². The second-order valence-electron chi connectivity index (χ2n) is 5.21. The van der Waals surface area contributed by atoms with Gasteiger partial charge in [0.15, 0.2) is 0 Å². The molecule has 0 atom stereocenters. The molecule has 1 saturated heterocycles. The summed E-state index contributed by atoms with van der Waals surface area (Å²) >= 11 is 5.93. The number of amides is 2. The minimum Gasteiger partial charge on any atom is -0.387 e. The van der Waals surface area contributed by atoms with E-state index < -0.39 is 6.61 Å². The third-order valence-corrected chi connectivity index (χ3v) is 3.86. The van der Waals surface area contributed by atoms with E-state index in [1.807, 2.05) is 12.1 Å². The Morgan fingerprint density at radius 2 is 1.86 bits per heavy atom. The Labute approximate surface area is 134 Å². The van der Waals surface area contributed by atoms with Crippen molar-refractivity contribution in [2.24, 2.45) is 0 Å². The number of aliphatic hydroxyl groups is 1. The second kappa shape index (κ2) is 7.42. The van der Waals surface area contributed by atoms with Gasteiger partial charge in [-0.15, -0.1) is 0 Å². The van der Waals surface area contributed by atoms with E-state index in [4.69, 9.17) is 16.7 Å². The average Bonchev–Trinajstić information content (AvgIpc) is 2.53. The molecule has 1 heterocycles. The molecule has 0 saturated carbocycles. The molecule has 0 radical (unpaired) electrons. The highest BCUT2D eigenvalue weighted by Gasteiger charge is 2.24. The van der Waals surface area contributed by atoms with Gasteiger partial charge in [0.2, 0.25) is 11.8 Å². The summed E-state index contributed by atoms with van der Waals surface area (Å²) in [5, 5.41) is 9.47. The van der Waals surface area contributed by atoms with E-state index in [2.05, 4.69) is 0 Å². The number of hydrogen-bond donors (Lipinski definition) is 1. The lowest BCUT2D eigenvalue weighted by Gasteiger charge is -2.34. The summed E-state index contributed by atoms with van der Waals surface area (Å²) in [6.07, 6.45) is 1.81. The molecule has 1 N–H and O–H groups in total. The normalized spacial score (nSPS) is 15.9. The first-order chi connectivity index (χ1) is 10.5. The summed E-state index contributed by atoms with van der Waals surface area (Å²) in [6, 6.07) is 7.31. The predicted molar refractivity (Wildman–Crippen MR) is 85.3 cm³/mol. The maximum absolute atomic E-state index is 12.4. The van der Waals surface area contributed by atoms with Gasteiger partial charge >= 0.3 is 0 Å². The van der Waals surface area contributed by atoms with Gasteiger partial charge in [-0.25, -0.2) is 0 Å². The van der Waals surface area contributed by atoms with Crippen LogP contribution in [0, 0.1) is 0 Å². The van der Waals surface area contributed by atoms with Gasteiger partial charge in [-0.2, -0.15) is 0 Å². The van der Waals surface area contributed by atoms with Crippen molar-refractivity contribution in [1.29, 1.82) is 0 Å². The first kappa shape index (κ1) is 16.5. The third kappa shape index (κ3) is 4.08. The standard InChI is InChI=1S/C16H19ClN2O3/c1-12(9-13-3-2-4-14(17)10-13)16(22)19-7-5-18(6-8-19)15(21)11-20/h2-4,9-10,20H,5-8,11H2,1H3/b12-9-. The molecule has 6 heteroatoms. The zero-order valence-electron chi connectivity index (χ0n) is 12.5. The van der Waals surface area contributed by atoms with Crippen molar-refractivity contribution >= 4 is 29.5 Å². The van der Waals surface area contributed by atoms with Crippen molar-refractivity contribution in [3.63, 3.8) is 0 Å². The molecule has 1 fully saturated rings. The van der Waals surface area contributed by atoms with Gasteiger partial charge < -0.3 is 14.9 Å². The van der Waals surface area contributed by atoms with Crippen LogP contribution in [0.1, 0.15) is 12.5 Å². The molecule has 1 aliphatic heterocycles. The number of halogens is 1. The lowest BCUT2D eigenvalue weighted by Crippen LogP contribution is -2.51. The van der Waals surface area contributed by atoms with E-state index in [1.54, 1.807) is 34.9 Å². The van der Waals surface area contributed by atoms with Crippen molar-refractivity contribution in [2.75, 3.05) is 32.8 Å². The molecular formula is C16H19ClN2O3. The zero-order chi connectivity index (χ0) is 16.1. The Hall–Kier alpha value is -1.85. The van der Waals surface area contributed by atoms with Crippen LogP contribution in [-0.4, -0.2) is 59.5 Å². The molecule has 0 bridgehead atoms. The van der Waals surface area contributed by atoms with Crippen molar-refractivity contribution in [2.45, 2.75) is 6.92 Å². The van der Waals surface area contributed by atoms with Crippen molar-refractivity contribution < 1.29 is 14.7 Å². The van der Waals surface area contributed by atoms with Crippen LogP contribution < -0.4 is 0 Å². The van der Waals surface area contributed by atoms with Crippen LogP contribution in [0.25, 0.3) is 6.08 Å². The van der Waals surface area contributed by atoms with Crippen LogP contribution in [0.3, 0.4) is 0 Å². The minimum atomic E-state index is -0.484. The van der Waals surface area contributed by atoms with Crippen LogP contribution in [0.4, 0.5) is 0 Å². The molecule has 0 spiro atoms. The van der Waals surface area contributed by atoms with Gasteiger partial charge in [-0.1, -0.05) is 23.7 Å². The van der Waals surface area contributed by atoms with E-state index in [9.17, 15) is 9.59 Å². The second-order valence-corrected chi connectivity index (χ2v) is 5.65. The Morgan fingerprint density at radius 1 is 1.23 bits per heavy atom. The van der Waals surface area contributed by atoms with Gasteiger partial charge in [-0.3, -0.25) is 9.59 Å². The fourth-order valence-corrected chi connectivity index (χ4v) is 2.62. The fourth-order valence-electron chi connectivity index (χ4n) is 2.42. The average molecular weight is 323 g/mol. The summed E-state index contributed by atoms with van der Waals surface area (Å²) in [6.45, 7) is 3.15. The molecule has 0 unspecified atom stereocenters. The number of piperazine rings is 1. The Kier molecular flexibility index (Phi) is 5.57. The van der Waals surface area contributed by atoms with E-state index in [0.717, 1.165) is 5.56 Å². The maximum Gasteiger partial charge on any atom is 0.249 e. The van der Waals surface area contributed by atoms with Crippen molar-refractivity contribution in [1.82, 2.24) is 9.80 Å². The first-order valence-corrected chi connectivity index (χ1v) is 7.51. The SMILES string of the molecule is C/C(=C/c1cccc(Cl)c1)C(=O)N1CCN(C(=O)CO)CC1. The monoisotopic (exact) mass is 322 g/mol. The van der Waals surface area contributed by atoms with Crippen molar-refractivity contribution in [3.8, 4) is 0 Å². The van der Waals surface area contributed by atoms with Crippen LogP contribution in [-0.2, 0) is 9.59 Å². The Morgan fingerprint density at radius 3 is 2.45 bits per heavy atom. The highest BCUT2D eigenvalue weighted by atomic mass is 35.5. The van der Waals surface area contributed by atoms with Crippen LogP contribution in [0.2, 0.25) is 5.02 Å². The number of carbonyl (C=O) groups excluding carboxylic acids is 2. The van der Waals surface area contributed by atoms with Gasteiger partial charge in [-0.05, 0) is 30.7 Å². The number of hydrogen-bond acceptors (Lipinski definition) is 3. The molecule has 118 valence electrons. The Balaban J connectivity index is 1.99. The number of aliphatic hydroxyl groups excluding tert-OH is 1. The third-order valence-electron chi connectivity index (χ3n) is 3.62. The Bertz CT molecular complexity index is 593. The first-order valence-electron chi connectivity index (χ1n) is 7.13. The van der Waals surface area contributed by atoms with Crippen LogP contribution >= 0.6 is 11.6 Å². The number of rotatable bonds is 3. The summed E-state index contributed by atoms with van der Waals surface area (Å²) in [5.41, 5.74) is 1.51. The fraction of sp³-hybridized carbons (Fsp3) is 0.375. The molecular weight excluding hydrogens is 304 g/mol. The molecule has 0 aromatic heterocycles. The van der Waals surface area contributed by atoms with E-state index >= 15 is 0 Å². The summed E-state index contributed by atoms with van der Waals surface area (Å²) in [5.74, 6) is -0.339. The quantitative estimate of drug-likeness (QED) is 0.856. The zero-order valence-corrected chi connectivity index (χ0v) is 13.2. The number of carbonyl (C=O) groups is 2. The maximum atomic E-state index is 12.4. The smallest absolute Gasteiger partial charge is 0.249 e. The van der Waals surface area contributed by atoms with Gasteiger partial charge in [0.1, 0.15) is 6.61 Å². The number of benzene rings is 1. The summed E-state index contributed by atoms with van der Waals surface area (Å²) in [7, 11) is 0. The van der Waals surface area contributed by atoms with Gasteiger partial charge in [0.25, 0.3) is 0 Å². The molecule has 0 aliphatic carbocycles. The molecule has 1 aromatic rings. The molecule has 1 aliphatic rings. The summed E-state index contributed by atoms with van der Waals surface area (Å²) < 4.78 is 0. The molecule has 2 rings (SSSR count). The van der Waals surface area contributed by atoms with Crippen molar-refractivity contribution in [3.05, 3.63) is 40.4 Å². The highest BCUT2D eigenvalue weighted by Crippen LogP contribution is 2.15. The topological polar surface area (TPSA) is 60.9 Å². The van der Waals surface area contributed by atoms with Crippen LogP contribution in [0.15, 0.2) is 29.8 Å². The summed E-state index contributed by atoms with van der Waals surface area (Å²) in [4.78, 5) is 27.1. The van der Waals surface area contributed by atoms with Gasteiger partial charge in [0, 0.05) is 36.8 Å². The predicted octanol–water partition coefficient (Wildman–Crippen LogP) is 1.41. The minimum absolute atomic E-state index is 0.0453. The van der Waals surface area contributed by atoms with E-state index in [-0.39, 0.29) is 11.8 Å². The molecule has 22 heavy (non-hydrogen) atoms.